The summed E-state index contributed by atoms with van der Waals surface area (Å²) in [6.45, 7) is 2.80. The number of thiocarbonyl (C=S) groups is 1. The standard InChI is InChI=1S/C22H21N3O3S/c1-3-25-20(19(24-22(25)29)16-9-4-5-12-23-16)18-11-10-17(28-18)14-7-6-8-15(13-14)21(26)27-2/h4-13,19-20H,3H2,1-2H3,(H,24,29). The van der Waals surface area contributed by atoms with E-state index in [-0.39, 0.29) is 18.1 Å². The summed E-state index contributed by atoms with van der Waals surface area (Å²) in [6.07, 6.45) is 1.78. The molecule has 148 valence electrons. The van der Waals surface area contributed by atoms with E-state index in [0.29, 0.717) is 16.4 Å². The SMILES string of the molecule is CCN1C(=S)NC(c2ccccn2)C1c1ccc(-c2cccc(C(=O)OC)c2)o1. The van der Waals surface area contributed by atoms with E-state index in [1.807, 2.05) is 42.5 Å². The molecule has 3 heterocycles. The first-order chi connectivity index (χ1) is 14.1. The molecule has 0 amide bonds. The Bertz CT molecular complexity index is 1030. The van der Waals surface area contributed by atoms with Crippen LogP contribution in [0.1, 0.15) is 40.8 Å². The Kier molecular flexibility index (Phi) is 5.31. The highest BCUT2D eigenvalue weighted by atomic mass is 32.1. The van der Waals surface area contributed by atoms with Gasteiger partial charge in [-0.2, -0.15) is 0 Å². The van der Waals surface area contributed by atoms with Crippen molar-refractivity contribution in [3.8, 4) is 11.3 Å². The zero-order chi connectivity index (χ0) is 20.4. The summed E-state index contributed by atoms with van der Waals surface area (Å²) in [5, 5.41) is 4.05. The minimum absolute atomic E-state index is 0.107. The molecule has 2 aromatic heterocycles. The van der Waals surface area contributed by atoms with Crippen LogP contribution in [-0.4, -0.2) is 34.6 Å². The second-order valence-corrected chi connectivity index (χ2v) is 7.07. The number of pyridine rings is 1. The van der Waals surface area contributed by atoms with E-state index in [1.165, 1.54) is 7.11 Å². The number of furan rings is 1. The summed E-state index contributed by atoms with van der Waals surface area (Å²) >= 11 is 5.55. The van der Waals surface area contributed by atoms with Gasteiger partial charge < -0.3 is 19.4 Å². The van der Waals surface area contributed by atoms with Crippen LogP contribution in [0.4, 0.5) is 0 Å². The fourth-order valence-electron chi connectivity index (χ4n) is 3.64. The first-order valence-corrected chi connectivity index (χ1v) is 9.79. The van der Waals surface area contributed by atoms with Gasteiger partial charge in [0.25, 0.3) is 0 Å². The third-order valence-corrected chi connectivity index (χ3v) is 5.38. The number of aromatic nitrogens is 1. The number of carbonyl (C=O) groups is 1. The van der Waals surface area contributed by atoms with Crippen LogP contribution in [0.15, 0.2) is 65.2 Å². The molecule has 0 spiro atoms. The number of nitrogens with zero attached hydrogens (tertiary/aromatic N) is 2. The third-order valence-electron chi connectivity index (χ3n) is 5.02. The van der Waals surface area contributed by atoms with Crippen LogP contribution in [0.3, 0.4) is 0 Å². The lowest BCUT2D eigenvalue weighted by Crippen LogP contribution is -2.29. The number of nitrogens with one attached hydrogen (secondary N) is 1. The van der Waals surface area contributed by atoms with Crippen LogP contribution in [0, 0.1) is 0 Å². The molecule has 7 heteroatoms. The summed E-state index contributed by atoms with van der Waals surface area (Å²) in [7, 11) is 1.37. The quantitative estimate of drug-likeness (QED) is 0.504. The summed E-state index contributed by atoms with van der Waals surface area (Å²) in [5.74, 6) is 1.09. The summed E-state index contributed by atoms with van der Waals surface area (Å²) in [6, 6.07) is 16.7. The van der Waals surface area contributed by atoms with Crippen molar-refractivity contribution >= 4 is 23.3 Å². The summed E-state index contributed by atoms with van der Waals surface area (Å²) in [5.41, 5.74) is 2.19. The van der Waals surface area contributed by atoms with E-state index < -0.39 is 0 Å². The maximum Gasteiger partial charge on any atom is 0.337 e. The zero-order valence-electron chi connectivity index (χ0n) is 16.2. The van der Waals surface area contributed by atoms with Crippen molar-refractivity contribution in [3.63, 3.8) is 0 Å². The maximum absolute atomic E-state index is 11.8. The average Bonchev–Trinajstić information content (AvgIpc) is 3.38. The van der Waals surface area contributed by atoms with E-state index in [0.717, 1.165) is 23.6 Å². The molecule has 4 rings (SSSR count). The van der Waals surface area contributed by atoms with Crippen LogP contribution in [0.2, 0.25) is 0 Å². The largest absolute Gasteiger partial charge is 0.465 e. The molecule has 3 aromatic rings. The number of benzene rings is 1. The molecule has 2 atom stereocenters. The predicted molar refractivity (Wildman–Crippen MR) is 113 cm³/mol. The fraction of sp³-hybridized carbons (Fsp3) is 0.227. The van der Waals surface area contributed by atoms with E-state index >= 15 is 0 Å². The van der Waals surface area contributed by atoms with E-state index in [9.17, 15) is 4.79 Å². The zero-order valence-corrected chi connectivity index (χ0v) is 17.0. The van der Waals surface area contributed by atoms with Crippen LogP contribution in [0.5, 0.6) is 0 Å². The third kappa shape index (κ3) is 3.61. The van der Waals surface area contributed by atoms with E-state index in [2.05, 4.69) is 22.1 Å². The lowest BCUT2D eigenvalue weighted by atomic mass is 10.0. The molecular weight excluding hydrogens is 386 g/mol. The van der Waals surface area contributed by atoms with Gasteiger partial charge in [0, 0.05) is 18.3 Å². The number of hydrogen-bond acceptors (Lipinski definition) is 5. The van der Waals surface area contributed by atoms with Gasteiger partial charge in [-0.3, -0.25) is 4.98 Å². The highest BCUT2D eigenvalue weighted by Gasteiger charge is 2.40. The Labute approximate surface area is 174 Å². The number of ether oxygens (including phenoxy) is 1. The molecular formula is C22H21N3O3S. The first-order valence-electron chi connectivity index (χ1n) is 9.39. The number of methoxy groups -OCH3 is 1. The molecule has 0 radical (unpaired) electrons. The van der Waals surface area contributed by atoms with Gasteiger partial charge in [-0.1, -0.05) is 18.2 Å². The van der Waals surface area contributed by atoms with Crippen molar-refractivity contribution < 1.29 is 13.9 Å². The molecule has 29 heavy (non-hydrogen) atoms. The molecule has 1 aromatic carbocycles. The van der Waals surface area contributed by atoms with Gasteiger partial charge in [0.2, 0.25) is 0 Å². The van der Waals surface area contributed by atoms with Gasteiger partial charge in [-0.05, 0) is 55.5 Å². The highest BCUT2D eigenvalue weighted by molar-refractivity contribution is 7.80. The number of carbonyl (C=O) groups excluding carboxylic acids is 1. The normalized spacial score (nSPS) is 18.6. The van der Waals surface area contributed by atoms with Crippen LogP contribution in [0.25, 0.3) is 11.3 Å². The molecule has 1 N–H and O–H groups in total. The van der Waals surface area contributed by atoms with E-state index in [1.54, 1.807) is 18.3 Å². The van der Waals surface area contributed by atoms with Gasteiger partial charge in [-0.15, -0.1) is 0 Å². The number of hydrogen-bond donors (Lipinski definition) is 1. The average molecular weight is 407 g/mol. The minimum atomic E-state index is -0.378. The maximum atomic E-state index is 11.8. The van der Waals surface area contributed by atoms with Crippen LogP contribution < -0.4 is 5.32 Å². The van der Waals surface area contributed by atoms with Gasteiger partial charge in [0.05, 0.1) is 24.4 Å². The fourth-order valence-corrected chi connectivity index (χ4v) is 4.01. The second kappa shape index (κ2) is 8.05. The highest BCUT2D eigenvalue weighted by Crippen LogP contribution is 2.40. The summed E-state index contributed by atoms with van der Waals surface area (Å²) < 4.78 is 11.0. The number of likely N-dealkylation sites (N-methyl/N-ethyl adjacent to an activating group) is 1. The Balaban J connectivity index is 1.70. The Morgan fingerprint density at radius 3 is 2.83 bits per heavy atom. The molecule has 1 fully saturated rings. The summed E-state index contributed by atoms with van der Waals surface area (Å²) in [4.78, 5) is 18.4. The molecule has 1 aliphatic heterocycles. The molecule has 0 bridgehead atoms. The Morgan fingerprint density at radius 2 is 2.10 bits per heavy atom. The molecule has 6 nitrogen and oxygen atoms in total. The van der Waals surface area contributed by atoms with Crippen molar-refractivity contribution in [2.75, 3.05) is 13.7 Å². The van der Waals surface area contributed by atoms with Gasteiger partial charge in [0.15, 0.2) is 5.11 Å². The van der Waals surface area contributed by atoms with Gasteiger partial charge >= 0.3 is 5.97 Å². The molecule has 0 saturated carbocycles. The number of esters is 1. The van der Waals surface area contributed by atoms with Crippen molar-refractivity contribution in [1.82, 2.24) is 15.2 Å². The Morgan fingerprint density at radius 1 is 1.24 bits per heavy atom. The van der Waals surface area contributed by atoms with Crippen LogP contribution in [-0.2, 0) is 4.74 Å². The van der Waals surface area contributed by atoms with Crippen molar-refractivity contribution in [1.29, 1.82) is 0 Å². The molecule has 1 saturated heterocycles. The Hall–Kier alpha value is -3.19. The second-order valence-electron chi connectivity index (χ2n) is 6.69. The van der Waals surface area contributed by atoms with Gasteiger partial charge in [0.1, 0.15) is 17.6 Å². The van der Waals surface area contributed by atoms with Crippen LogP contribution >= 0.6 is 12.2 Å². The lowest BCUT2D eigenvalue weighted by Gasteiger charge is -2.24. The molecule has 0 aliphatic carbocycles. The lowest BCUT2D eigenvalue weighted by molar-refractivity contribution is 0.0601. The topological polar surface area (TPSA) is 67.6 Å². The predicted octanol–water partition coefficient (Wildman–Crippen LogP) is 4.12. The first kappa shape index (κ1) is 19.1. The van der Waals surface area contributed by atoms with Crippen molar-refractivity contribution in [2.45, 2.75) is 19.0 Å². The molecule has 1 aliphatic rings. The van der Waals surface area contributed by atoms with Crippen molar-refractivity contribution in [2.24, 2.45) is 0 Å². The monoisotopic (exact) mass is 407 g/mol. The van der Waals surface area contributed by atoms with Gasteiger partial charge in [-0.25, -0.2) is 4.79 Å². The minimum Gasteiger partial charge on any atom is -0.465 e. The number of rotatable bonds is 5. The smallest absolute Gasteiger partial charge is 0.337 e. The molecule has 2 unspecified atom stereocenters. The van der Waals surface area contributed by atoms with E-state index in [4.69, 9.17) is 21.4 Å². The van der Waals surface area contributed by atoms with Crippen molar-refractivity contribution in [3.05, 3.63) is 77.8 Å².